The van der Waals surface area contributed by atoms with Crippen LogP contribution in [0.3, 0.4) is 0 Å². The fourth-order valence-corrected chi connectivity index (χ4v) is 3.06. The summed E-state index contributed by atoms with van der Waals surface area (Å²) >= 11 is 0. The highest BCUT2D eigenvalue weighted by Crippen LogP contribution is 2.34. The Morgan fingerprint density at radius 2 is 2.06 bits per heavy atom. The van der Waals surface area contributed by atoms with Crippen LogP contribution in [0.5, 0.6) is 0 Å². The van der Waals surface area contributed by atoms with Crippen LogP contribution in [-0.4, -0.2) is 32.5 Å². The normalized spacial score (nSPS) is 29.9. The van der Waals surface area contributed by atoms with Gasteiger partial charge in [0.2, 0.25) is 0 Å². The lowest BCUT2D eigenvalue weighted by Gasteiger charge is -2.33. The first kappa shape index (κ1) is 10.0. The van der Waals surface area contributed by atoms with Crippen molar-refractivity contribution < 1.29 is 4.79 Å². The number of hydrogen-bond donors (Lipinski definition) is 0. The maximum atomic E-state index is 11.5. The van der Waals surface area contributed by atoms with Crippen LogP contribution in [0.1, 0.15) is 31.4 Å². The Bertz CT molecular complexity index is 396. The first-order chi connectivity index (χ1) is 7.74. The lowest BCUT2D eigenvalue weighted by Crippen LogP contribution is -2.42. The zero-order valence-electron chi connectivity index (χ0n) is 9.59. The van der Waals surface area contributed by atoms with Crippen molar-refractivity contribution in [2.24, 2.45) is 7.05 Å². The van der Waals surface area contributed by atoms with Gasteiger partial charge in [0.1, 0.15) is 5.78 Å². The van der Waals surface area contributed by atoms with Gasteiger partial charge in [0.25, 0.3) is 0 Å². The first-order valence-corrected chi connectivity index (χ1v) is 5.98. The number of fused-ring (bicyclic) bond motifs is 2. The monoisotopic (exact) mass is 219 g/mol. The molecule has 1 aromatic heterocycles. The Labute approximate surface area is 95.2 Å². The van der Waals surface area contributed by atoms with Crippen LogP contribution < -0.4 is 0 Å². The molecule has 1 aromatic rings. The zero-order valence-corrected chi connectivity index (χ0v) is 9.59. The van der Waals surface area contributed by atoms with E-state index in [0.717, 1.165) is 19.4 Å². The Hall–Kier alpha value is -1.16. The van der Waals surface area contributed by atoms with Crippen molar-refractivity contribution >= 4 is 5.78 Å². The maximum Gasteiger partial charge on any atom is 0.136 e. The third kappa shape index (κ3) is 1.57. The Balaban J connectivity index is 1.77. The quantitative estimate of drug-likeness (QED) is 0.748. The average molecular weight is 219 g/mol. The topological polar surface area (TPSA) is 38.1 Å². The van der Waals surface area contributed by atoms with Crippen molar-refractivity contribution in [3.8, 4) is 0 Å². The predicted molar refractivity (Wildman–Crippen MR) is 59.8 cm³/mol. The molecule has 2 aliphatic rings. The molecule has 4 heteroatoms. The van der Waals surface area contributed by atoms with E-state index >= 15 is 0 Å². The molecule has 2 aliphatic heterocycles. The van der Waals surface area contributed by atoms with Crippen LogP contribution in [0, 0.1) is 0 Å². The summed E-state index contributed by atoms with van der Waals surface area (Å²) in [7, 11) is 1.98. The summed E-state index contributed by atoms with van der Waals surface area (Å²) in [6.45, 7) is 0.944. The largest absolute Gasteiger partial charge is 0.300 e. The van der Waals surface area contributed by atoms with Gasteiger partial charge < -0.3 is 0 Å². The van der Waals surface area contributed by atoms with Gasteiger partial charge in [0.15, 0.2) is 0 Å². The summed E-state index contributed by atoms with van der Waals surface area (Å²) in [6, 6.07) is 3.04. The summed E-state index contributed by atoms with van der Waals surface area (Å²) in [5.41, 5.74) is 1.24. The van der Waals surface area contributed by atoms with Gasteiger partial charge in [-0.05, 0) is 18.9 Å². The molecule has 3 heterocycles. The van der Waals surface area contributed by atoms with E-state index in [2.05, 4.69) is 16.1 Å². The highest BCUT2D eigenvalue weighted by molar-refractivity contribution is 5.80. The molecule has 2 saturated heterocycles. The van der Waals surface area contributed by atoms with E-state index in [1.807, 2.05) is 17.9 Å². The second-order valence-corrected chi connectivity index (χ2v) is 4.95. The van der Waals surface area contributed by atoms with Crippen LogP contribution in [0.4, 0.5) is 0 Å². The summed E-state index contributed by atoms with van der Waals surface area (Å²) in [6.07, 6.45) is 5.73. The number of aryl methyl sites for hydroxylation is 1. The second kappa shape index (κ2) is 3.70. The first-order valence-electron chi connectivity index (χ1n) is 5.98. The standard InChI is InChI=1S/C12H17N3O/c1-14-11(4-5-13-14)8-15-9-2-3-10(15)7-12(16)6-9/h4-5,9-10H,2-3,6-8H2,1H3. The number of carbonyl (C=O) groups is 1. The molecule has 3 rings (SSSR count). The predicted octanol–water partition coefficient (Wildman–Crippen LogP) is 1.12. The molecule has 2 unspecified atom stereocenters. The molecule has 2 atom stereocenters. The van der Waals surface area contributed by atoms with Gasteiger partial charge in [0, 0.05) is 44.7 Å². The molecular weight excluding hydrogens is 202 g/mol. The van der Waals surface area contributed by atoms with Crippen molar-refractivity contribution in [1.29, 1.82) is 0 Å². The zero-order chi connectivity index (χ0) is 11.1. The summed E-state index contributed by atoms with van der Waals surface area (Å²) in [5, 5.41) is 4.19. The molecule has 0 aromatic carbocycles. The van der Waals surface area contributed by atoms with Crippen LogP contribution >= 0.6 is 0 Å². The lowest BCUT2D eigenvalue weighted by molar-refractivity contribution is -0.123. The number of Topliss-reactive ketones (excluding diaryl/α,β-unsaturated/α-hetero) is 1. The van der Waals surface area contributed by atoms with E-state index in [1.54, 1.807) is 0 Å². The SMILES string of the molecule is Cn1nccc1CN1C2CCC1CC(=O)C2. The van der Waals surface area contributed by atoms with Gasteiger partial charge in [-0.25, -0.2) is 0 Å². The molecule has 4 nitrogen and oxygen atoms in total. The van der Waals surface area contributed by atoms with E-state index < -0.39 is 0 Å². The van der Waals surface area contributed by atoms with E-state index in [0.29, 0.717) is 17.9 Å². The summed E-state index contributed by atoms with van der Waals surface area (Å²) in [4.78, 5) is 14.0. The fraction of sp³-hybridized carbons (Fsp3) is 0.667. The Morgan fingerprint density at radius 1 is 1.38 bits per heavy atom. The number of piperidine rings is 1. The van der Waals surface area contributed by atoms with Crippen molar-refractivity contribution in [3.05, 3.63) is 18.0 Å². The Kier molecular flexibility index (Phi) is 2.32. The molecular formula is C12H17N3O. The van der Waals surface area contributed by atoms with Gasteiger partial charge in [-0.1, -0.05) is 0 Å². The van der Waals surface area contributed by atoms with Crippen LogP contribution in [-0.2, 0) is 18.4 Å². The minimum absolute atomic E-state index is 0.453. The van der Waals surface area contributed by atoms with Gasteiger partial charge in [-0.3, -0.25) is 14.4 Å². The number of ketones is 1. The molecule has 2 fully saturated rings. The third-order valence-electron chi connectivity index (χ3n) is 3.96. The second-order valence-electron chi connectivity index (χ2n) is 4.95. The van der Waals surface area contributed by atoms with Crippen LogP contribution in [0.25, 0.3) is 0 Å². The van der Waals surface area contributed by atoms with Gasteiger partial charge in [0.05, 0.1) is 5.69 Å². The fourth-order valence-electron chi connectivity index (χ4n) is 3.06. The number of aromatic nitrogens is 2. The highest BCUT2D eigenvalue weighted by Gasteiger charge is 2.39. The number of carbonyl (C=O) groups excluding carboxylic acids is 1. The smallest absolute Gasteiger partial charge is 0.136 e. The third-order valence-corrected chi connectivity index (χ3v) is 3.96. The van der Waals surface area contributed by atoms with Crippen molar-refractivity contribution in [2.45, 2.75) is 44.3 Å². The summed E-state index contributed by atoms with van der Waals surface area (Å²) < 4.78 is 1.93. The highest BCUT2D eigenvalue weighted by atomic mass is 16.1. The minimum Gasteiger partial charge on any atom is -0.300 e. The molecule has 0 aliphatic carbocycles. The van der Waals surface area contributed by atoms with E-state index in [9.17, 15) is 4.79 Å². The molecule has 0 saturated carbocycles. The molecule has 0 spiro atoms. The van der Waals surface area contributed by atoms with Gasteiger partial charge in [-0.2, -0.15) is 5.10 Å². The molecule has 0 N–H and O–H groups in total. The van der Waals surface area contributed by atoms with Crippen molar-refractivity contribution in [2.75, 3.05) is 0 Å². The molecule has 0 amide bonds. The van der Waals surface area contributed by atoms with Crippen molar-refractivity contribution in [3.63, 3.8) is 0 Å². The lowest BCUT2D eigenvalue weighted by atomic mass is 10.0. The number of hydrogen-bond acceptors (Lipinski definition) is 3. The van der Waals surface area contributed by atoms with Crippen LogP contribution in [0.15, 0.2) is 12.3 Å². The van der Waals surface area contributed by atoms with Crippen molar-refractivity contribution in [1.82, 2.24) is 14.7 Å². The van der Waals surface area contributed by atoms with Crippen LogP contribution in [0.2, 0.25) is 0 Å². The van der Waals surface area contributed by atoms with E-state index in [4.69, 9.17) is 0 Å². The molecule has 16 heavy (non-hydrogen) atoms. The van der Waals surface area contributed by atoms with E-state index in [-0.39, 0.29) is 0 Å². The van der Waals surface area contributed by atoms with E-state index in [1.165, 1.54) is 18.5 Å². The number of rotatable bonds is 2. The maximum absolute atomic E-state index is 11.5. The van der Waals surface area contributed by atoms with Gasteiger partial charge in [-0.15, -0.1) is 0 Å². The Morgan fingerprint density at radius 3 is 2.62 bits per heavy atom. The average Bonchev–Trinajstić information content (AvgIpc) is 2.73. The van der Waals surface area contributed by atoms with Gasteiger partial charge >= 0.3 is 0 Å². The molecule has 2 bridgehead atoms. The minimum atomic E-state index is 0.453. The summed E-state index contributed by atoms with van der Waals surface area (Å²) in [5.74, 6) is 0.453. The molecule has 0 radical (unpaired) electrons. The number of nitrogens with zero attached hydrogens (tertiary/aromatic N) is 3. The molecule has 86 valence electrons.